The van der Waals surface area contributed by atoms with Gasteiger partial charge in [0.1, 0.15) is 0 Å². The van der Waals surface area contributed by atoms with Crippen molar-refractivity contribution in [1.82, 2.24) is 15.8 Å². The number of hydroxylamine groups is 1. The Kier molecular flexibility index (Phi) is 6.91. The Morgan fingerprint density at radius 3 is 3.05 bits per heavy atom. The highest BCUT2D eigenvalue weighted by Crippen LogP contribution is 2.19. The number of nitrogens with two attached hydrogens (primary N) is 2. The first-order chi connectivity index (χ1) is 10.0. The van der Waals surface area contributed by atoms with Gasteiger partial charge in [-0.25, -0.2) is 10.5 Å². The molecule has 0 aliphatic carbocycles. The second-order valence-electron chi connectivity index (χ2n) is 3.79. The Labute approximate surface area is 125 Å². The van der Waals surface area contributed by atoms with Crippen LogP contribution in [0.4, 0.5) is 5.13 Å². The quantitative estimate of drug-likeness (QED) is 0.160. The molecular formula is C10H17N7O3S. The zero-order chi connectivity index (χ0) is 15.7. The minimum atomic E-state index is -0.581. The van der Waals surface area contributed by atoms with Crippen LogP contribution in [-0.4, -0.2) is 29.5 Å². The molecule has 6 N–H and O–H groups in total. The van der Waals surface area contributed by atoms with Crippen LogP contribution < -0.4 is 22.3 Å². The second kappa shape index (κ2) is 8.71. The van der Waals surface area contributed by atoms with E-state index in [-0.39, 0.29) is 11.8 Å². The molecule has 0 unspecified atom stereocenters. The monoisotopic (exact) mass is 315 g/mol. The summed E-state index contributed by atoms with van der Waals surface area (Å²) >= 11 is 1.35. The highest BCUT2D eigenvalue weighted by Gasteiger charge is 2.02. The summed E-state index contributed by atoms with van der Waals surface area (Å²) in [6.07, 6.45) is 2.15. The summed E-state index contributed by atoms with van der Waals surface area (Å²) in [5.74, 6) is 0.143. The van der Waals surface area contributed by atoms with Crippen LogP contribution in [0.2, 0.25) is 0 Å². The number of thiazole rings is 1. The molecule has 0 amide bonds. The van der Waals surface area contributed by atoms with Gasteiger partial charge in [-0.05, 0) is 12.8 Å². The molecule has 116 valence electrons. The van der Waals surface area contributed by atoms with Gasteiger partial charge >= 0.3 is 0 Å². The normalized spacial score (nSPS) is 11.0. The van der Waals surface area contributed by atoms with Gasteiger partial charge in [0, 0.05) is 12.4 Å². The summed E-state index contributed by atoms with van der Waals surface area (Å²) in [6, 6.07) is 0. The van der Waals surface area contributed by atoms with Gasteiger partial charge in [0.25, 0.3) is 6.20 Å². The molecule has 0 spiro atoms. The number of nitrogens with zero attached hydrogens (tertiary/aromatic N) is 3. The summed E-state index contributed by atoms with van der Waals surface area (Å²) in [4.78, 5) is 22.9. The van der Waals surface area contributed by atoms with E-state index in [1.165, 1.54) is 11.3 Å². The topological polar surface area (TPSA) is 154 Å². The molecule has 0 aliphatic heterocycles. The van der Waals surface area contributed by atoms with Crippen molar-refractivity contribution < 1.29 is 9.76 Å². The number of guanidine groups is 1. The zero-order valence-electron chi connectivity index (χ0n) is 11.4. The Balaban J connectivity index is 2.27. The second-order valence-corrected chi connectivity index (χ2v) is 4.63. The number of hydrogen-bond acceptors (Lipinski definition) is 8. The van der Waals surface area contributed by atoms with Crippen molar-refractivity contribution >= 4 is 22.4 Å². The molecule has 0 bridgehead atoms. The fraction of sp³-hybridized carbons (Fsp3) is 0.400. The summed E-state index contributed by atoms with van der Waals surface area (Å²) in [6.45, 7) is 0.367. The predicted octanol–water partition coefficient (Wildman–Crippen LogP) is -0.203. The lowest BCUT2D eigenvalue weighted by molar-refractivity contribution is -0.404. The minimum absolute atomic E-state index is 0.0272. The van der Waals surface area contributed by atoms with Crippen molar-refractivity contribution in [1.29, 1.82) is 0 Å². The number of aryl methyl sites for hydroxylation is 1. The molecular weight excluding hydrogens is 298 g/mol. The molecule has 10 nitrogen and oxygen atoms in total. The van der Waals surface area contributed by atoms with E-state index >= 15 is 0 Å². The van der Waals surface area contributed by atoms with Crippen molar-refractivity contribution in [2.75, 3.05) is 13.7 Å². The first-order valence-corrected chi connectivity index (χ1v) is 6.84. The predicted molar refractivity (Wildman–Crippen MR) is 79.1 cm³/mol. The molecule has 0 fully saturated rings. The molecule has 0 atom stereocenters. The number of nitro groups is 1. The van der Waals surface area contributed by atoms with Gasteiger partial charge in [-0.15, -0.1) is 11.3 Å². The van der Waals surface area contributed by atoms with Gasteiger partial charge < -0.3 is 16.8 Å². The summed E-state index contributed by atoms with van der Waals surface area (Å²) in [5, 5.41) is 15.2. The molecule has 1 rings (SSSR count). The van der Waals surface area contributed by atoms with E-state index in [0.29, 0.717) is 24.6 Å². The van der Waals surface area contributed by atoms with Gasteiger partial charge in [0.15, 0.2) is 11.8 Å². The molecule has 0 saturated heterocycles. The van der Waals surface area contributed by atoms with E-state index in [4.69, 9.17) is 16.3 Å². The molecule has 1 heterocycles. The summed E-state index contributed by atoms with van der Waals surface area (Å²) < 4.78 is 0. The third kappa shape index (κ3) is 7.08. The summed E-state index contributed by atoms with van der Waals surface area (Å²) in [5.41, 5.74) is 13.8. The fourth-order valence-electron chi connectivity index (χ4n) is 1.27. The fourth-order valence-corrected chi connectivity index (χ4v) is 2.01. The van der Waals surface area contributed by atoms with Crippen LogP contribution in [-0.2, 0) is 11.3 Å². The van der Waals surface area contributed by atoms with E-state index in [1.54, 1.807) is 7.05 Å². The van der Waals surface area contributed by atoms with Crippen molar-refractivity contribution in [3.63, 3.8) is 0 Å². The lowest BCUT2D eigenvalue weighted by atomic mass is 10.3. The van der Waals surface area contributed by atoms with Gasteiger partial charge in [-0.2, -0.15) is 4.99 Å². The first kappa shape index (κ1) is 16.7. The van der Waals surface area contributed by atoms with Crippen LogP contribution in [0.5, 0.6) is 0 Å². The van der Waals surface area contributed by atoms with Crippen LogP contribution in [0.25, 0.3) is 0 Å². The lowest BCUT2D eigenvalue weighted by Gasteiger charge is -2.07. The van der Waals surface area contributed by atoms with E-state index in [2.05, 4.69) is 20.8 Å². The van der Waals surface area contributed by atoms with Gasteiger partial charge in [-0.1, -0.05) is 0 Å². The van der Waals surface area contributed by atoms with E-state index in [0.717, 1.165) is 11.9 Å². The molecule has 21 heavy (non-hydrogen) atoms. The largest absolute Gasteiger partial charge is 0.370 e. The number of aromatic nitrogens is 1. The number of hydrogen-bond donors (Lipinski definition) is 4. The molecule has 0 aliphatic rings. The van der Waals surface area contributed by atoms with Crippen molar-refractivity contribution in [3.8, 4) is 0 Å². The van der Waals surface area contributed by atoms with Crippen molar-refractivity contribution in [3.05, 3.63) is 33.2 Å². The number of aliphatic imine (C=N–C) groups is 1. The van der Waals surface area contributed by atoms with Crippen LogP contribution in [0.3, 0.4) is 0 Å². The molecule has 1 aromatic rings. The third-order valence-corrected chi connectivity index (χ3v) is 2.91. The standard InChI is InChI=1S/C10H17N7O3S/c1-13-8(5-17(18)19)16-20-4-2-3-7-6-21-10(14-7)15-9(11)12/h5-6,13,16H,2-4H2,1H3,(H4,11,12,14,15). The third-order valence-electron chi connectivity index (χ3n) is 2.13. The zero-order valence-corrected chi connectivity index (χ0v) is 12.2. The maximum absolute atomic E-state index is 10.3. The van der Waals surface area contributed by atoms with Crippen molar-refractivity contribution in [2.45, 2.75) is 12.8 Å². The van der Waals surface area contributed by atoms with Crippen molar-refractivity contribution in [2.24, 2.45) is 16.5 Å². The van der Waals surface area contributed by atoms with E-state index in [1.807, 2.05) is 5.38 Å². The van der Waals surface area contributed by atoms with Crippen LogP contribution in [0.15, 0.2) is 22.4 Å². The average molecular weight is 315 g/mol. The lowest BCUT2D eigenvalue weighted by Crippen LogP contribution is -2.25. The Morgan fingerprint density at radius 2 is 2.43 bits per heavy atom. The van der Waals surface area contributed by atoms with Crippen LogP contribution in [0, 0.1) is 10.1 Å². The van der Waals surface area contributed by atoms with Gasteiger partial charge in [-0.3, -0.25) is 15.0 Å². The number of rotatable bonds is 9. The Bertz CT molecular complexity index is 524. The van der Waals surface area contributed by atoms with Gasteiger partial charge in [0.05, 0.1) is 17.2 Å². The molecule has 11 heteroatoms. The highest BCUT2D eigenvalue weighted by molar-refractivity contribution is 7.13. The maximum Gasteiger partial charge on any atom is 0.276 e. The highest BCUT2D eigenvalue weighted by atomic mass is 32.1. The maximum atomic E-state index is 10.3. The smallest absolute Gasteiger partial charge is 0.276 e. The molecule has 0 aromatic carbocycles. The van der Waals surface area contributed by atoms with E-state index in [9.17, 15) is 10.1 Å². The molecule has 0 saturated carbocycles. The molecule has 0 radical (unpaired) electrons. The van der Waals surface area contributed by atoms with Gasteiger partial charge in [0.2, 0.25) is 5.13 Å². The SMILES string of the molecule is CNC(=C[N+](=O)[O-])NOCCCc1csc(N=C(N)N)n1. The summed E-state index contributed by atoms with van der Waals surface area (Å²) in [7, 11) is 1.55. The van der Waals surface area contributed by atoms with Crippen LogP contribution in [0.1, 0.15) is 12.1 Å². The Hall–Kier alpha value is -2.40. The molecule has 1 aromatic heterocycles. The van der Waals surface area contributed by atoms with Crippen LogP contribution >= 0.6 is 11.3 Å². The number of nitrogens with one attached hydrogen (secondary N) is 2. The first-order valence-electron chi connectivity index (χ1n) is 5.96. The van der Waals surface area contributed by atoms with E-state index < -0.39 is 4.92 Å². The Morgan fingerprint density at radius 1 is 1.67 bits per heavy atom. The average Bonchev–Trinajstić information content (AvgIpc) is 2.83. The minimum Gasteiger partial charge on any atom is -0.370 e.